The Balaban J connectivity index is 1.82. The standard InChI is InChI=1S/C24H27BrF2N4OSi/c1-14-10-18(26)21(19(27)11-14)24-28-20-7-6-16(25)12-17(20)23-22(29-24)15(2)30-31(23)13-32-8-9-33(3,4)5/h6-7,10-12H,8-9,13H2,1-5H3,(H,28,29). The largest absolute Gasteiger partial charge is 0.360 e. The Morgan fingerprint density at radius 1 is 1.09 bits per heavy atom. The minimum absolute atomic E-state index is 0.106. The van der Waals surface area contributed by atoms with Gasteiger partial charge in [-0.05, 0) is 55.8 Å². The smallest absolute Gasteiger partial charge is 0.144 e. The number of anilines is 1. The van der Waals surface area contributed by atoms with Crippen molar-refractivity contribution in [3.05, 3.63) is 63.3 Å². The first-order valence-corrected chi connectivity index (χ1v) is 15.3. The highest BCUT2D eigenvalue weighted by molar-refractivity contribution is 9.10. The molecule has 0 radical (unpaired) electrons. The molecule has 0 aliphatic carbocycles. The van der Waals surface area contributed by atoms with Gasteiger partial charge in [-0.25, -0.2) is 18.5 Å². The van der Waals surface area contributed by atoms with Crippen LogP contribution in [0.15, 0.2) is 39.8 Å². The molecule has 2 heterocycles. The topological polar surface area (TPSA) is 51.4 Å². The quantitative estimate of drug-likeness (QED) is 0.274. The van der Waals surface area contributed by atoms with E-state index >= 15 is 0 Å². The van der Waals surface area contributed by atoms with Crippen LogP contribution in [-0.4, -0.2) is 30.3 Å². The van der Waals surface area contributed by atoms with Crippen molar-refractivity contribution in [2.24, 2.45) is 4.99 Å². The number of fused-ring (bicyclic) bond motifs is 3. The summed E-state index contributed by atoms with van der Waals surface area (Å²) in [6, 6.07) is 9.33. The second-order valence-corrected chi connectivity index (χ2v) is 16.0. The van der Waals surface area contributed by atoms with Crippen LogP contribution in [0, 0.1) is 25.5 Å². The summed E-state index contributed by atoms with van der Waals surface area (Å²) in [7, 11) is -1.22. The highest BCUT2D eigenvalue weighted by Gasteiger charge is 2.27. The average molecular weight is 533 g/mol. The third-order valence-electron chi connectivity index (χ3n) is 5.44. The van der Waals surface area contributed by atoms with E-state index < -0.39 is 19.7 Å². The van der Waals surface area contributed by atoms with Crippen molar-refractivity contribution in [3.63, 3.8) is 0 Å². The molecule has 5 nitrogen and oxygen atoms in total. The minimum atomic E-state index is -1.22. The van der Waals surface area contributed by atoms with Crippen molar-refractivity contribution >= 4 is 41.2 Å². The van der Waals surface area contributed by atoms with Crippen LogP contribution >= 0.6 is 15.9 Å². The van der Waals surface area contributed by atoms with Gasteiger partial charge < -0.3 is 10.1 Å². The van der Waals surface area contributed by atoms with Gasteiger partial charge >= 0.3 is 0 Å². The van der Waals surface area contributed by atoms with Crippen molar-refractivity contribution in [3.8, 4) is 11.3 Å². The van der Waals surface area contributed by atoms with Crippen LogP contribution in [-0.2, 0) is 11.5 Å². The van der Waals surface area contributed by atoms with Crippen molar-refractivity contribution in [2.45, 2.75) is 46.3 Å². The number of ether oxygens (including phenoxy) is 1. The molecule has 0 atom stereocenters. The van der Waals surface area contributed by atoms with Crippen LogP contribution in [0.1, 0.15) is 16.8 Å². The highest BCUT2D eigenvalue weighted by Crippen LogP contribution is 2.42. The molecule has 0 bridgehead atoms. The maximum absolute atomic E-state index is 14.8. The maximum atomic E-state index is 14.8. The summed E-state index contributed by atoms with van der Waals surface area (Å²) in [4.78, 5) is 4.67. The zero-order valence-electron chi connectivity index (χ0n) is 19.4. The summed E-state index contributed by atoms with van der Waals surface area (Å²) >= 11 is 3.53. The molecule has 1 aliphatic rings. The van der Waals surface area contributed by atoms with Gasteiger partial charge in [0.1, 0.15) is 29.9 Å². The number of nitrogens with zero attached hydrogens (tertiary/aromatic N) is 3. The minimum Gasteiger partial charge on any atom is -0.360 e. The van der Waals surface area contributed by atoms with E-state index in [2.05, 4.69) is 51.0 Å². The van der Waals surface area contributed by atoms with E-state index in [1.807, 2.05) is 25.1 Å². The van der Waals surface area contributed by atoms with Crippen LogP contribution in [0.4, 0.5) is 20.2 Å². The molecule has 174 valence electrons. The predicted molar refractivity (Wildman–Crippen MR) is 135 cm³/mol. The molecule has 0 amide bonds. The molecule has 0 saturated heterocycles. The molecule has 2 aromatic carbocycles. The highest BCUT2D eigenvalue weighted by atomic mass is 79.9. The monoisotopic (exact) mass is 532 g/mol. The Labute approximate surface area is 202 Å². The Hall–Kier alpha value is -2.36. The second kappa shape index (κ2) is 9.12. The van der Waals surface area contributed by atoms with Gasteiger partial charge in [0.25, 0.3) is 0 Å². The lowest BCUT2D eigenvalue weighted by atomic mass is 10.1. The van der Waals surface area contributed by atoms with Gasteiger partial charge in [-0.15, -0.1) is 0 Å². The summed E-state index contributed by atoms with van der Waals surface area (Å²) < 4.78 is 38.3. The van der Waals surface area contributed by atoms with Crippen LogP contribution in [0.25, 0.3) is 11.3 Å². The summed E-state index contributed by atoms with van der Waals surface area (Å²) in [5.41, 5.74) is 3.76. The number of nitrogens with one attached hydrogen (secondary N) is 1. The number of rotatable bonds is 6. The summed E-state index contributed by atoms with van der Waals surface area (Å²) in [6.45, 7) is 11.3. The third-order valence-corrected chi connectivity index (χ3v) is 7.64. The lowest BCUT2D eigenvalue weighted by molar-refractivity contribution is 0.0796. The first kappa shape index (κ1) is 23.8. The van der Waals surface area contributed by atoms with Crippen LogP contribution in [0.2, 0.25) is 25.7 Å². The number of halogens is 3. The van der Waals surface area contributed by atoms with Crippen molar-refractivity contribution in [2.75, 3.05) is 11.9 Å². The lowest BCUT2D eigenvalue weighted by Gasteiger charge is -2.16. The molecule has 1 aromatic heterocycles. The van der Waals surface area contributed by atoms with Gasteiger partial charge in [-0.3, -0.25) is 0 Å². The molecular formula is C24H27BrF2N4OSi. The number of hydrogen-bond donors (Lipinski definition) is 1. The molecule has 4 rings (SSSR count). The van der Waals surface area contributed by atoms with E-state index in [1.54, 1.807) is 11.6 Å². The molecular weight excluding hydrogens is 506 g/mol. The van der Waals surface area contributed by atoms with E-state index in [-0.39, 0.29) is 18.1 Å². The number of aromatic nitrogens is 2. The van der Waals surface area contributed by atoms with Gasteiger partial charge in [0.05, 0.1) is 17.0 Å². The van der Waals surface area contributed by atoms with E-state index in [9.17, 15) is 8.78 Å². The molecule has 1 aliphatic heterocycles. The van der Waals surface area contributed by atoms with Gasteiger partial charge in [0, 0.05) is 30.4 Å². The molecule has 9 heteroatoms. The first-order chi connectivity index (χ1) is 15.5. The van der Waals surface area contributed by atoms with E-state index in [1.165, 1.54) is 12.1 Å². The average Bonchev–Trinajstić information content (AvgIpc) is 2.89. The Kier molecular flexibility index (Phi) is 6.57. The van der Waals surface area contributed by atoms with E-state index in [0.29, 0.717) is 29.2 Å². The normalized spacial score (nSPS) is 13.2. The van der Waals surface area contributed by atoms with Crippen LogP contribution < -0.4 is 5.32 Å². The van der Waals surface area contributed by atoms with Crippen molar-refractivity contribution in [1.82, 2.24) is 9.78 Å². The van der Waals surface area contributed by atoms with E-state index in [4.69, 9.17) is 4.74 Å². The summed E-state index contributed by atoms with van der Waals surface area (Å²) in [5.74, 6) is -1.23. The fourth-order valence-corrected chi connectivity index (χ4v) is 4.85. The first-order valence-electron chi connectivity index (χ1n) is 10.8. The van der Waals surface area contributed by atoms with Gasteiger partial charge in [-0.2, -0.15) is 5.10 Å². The third kappa shape index (κ3) is 5.10. The maximum Gasteiger partial charge on any atom is 0.144 e. The predicted octanol–water partition coefficient (Wildman–Crippen LogP) is 7.02. The molecule has 0 unspecified atom stereocenters. The number of benzene rings is 2. The van der Waals surface area contributed by atoms with Crippen molar-refractivity contribution in [1.29, 1.82) is 0 Å². The van der Waals surface area contributed by atoms with Gasteiger partial charge in [0.2, 0.25) is 0 Å². The Morgan fingerprint density at radius 2 is 1.79 bits per heavy atom. The van der Waals surface area contributed by atoms with Gasteiger partial charge in [-0.1, -0.05) is 35.6 Å². The number of aryl methyl sites for hydroxylation is 2. The molecule has 0 spiro atoms. The Morgan fingerprint density at radius 3 is 2.45 bits per heavy atom. The second-order valence-electron chi connectivity index (χ2n) is 9.51. The number of hydrogen-bond acceptors (Lipinski definition) is 4. The van der Waals surface area contributed by atoms with Gasteiger partial charge in [0.15, 0.2) is 0 Å². The summed E-state index contributed by atoms with van der Waals surface area (Å²) in [5, 5.41) is 7.80. The zero-order valence-corrected chi connectivity index (χ0v) is 22.0. The molecule has 3 aromatic rings. The Bertz CT molecular complexity index is 1230. The fraction of sp³-hybridized carbons (Fsp3) is 0.333. The summed E-state index contributed by atoms with van der Waals surface area (Å²) in [6.07, 6.45) is 0. The molecule has 1 N–H and O–H groups in total. The number of amidine groups is 1. The fourth-order valence-electron chi connectivity index (χ4n) is 3.73. The molecule has 33 heavy (non-hydrogen) atoms. The molecule has 0 fully saturated rings. The lowest BCUT2D eigenvalue weighted by Crippen LogP contribution is -2.22. The zero-order chi connectivity index (χ0) is 23.9. The van der Waals surface area contributed by atoms with Crippen LogP contribution in [0.5, 0.6) is 0 Å². The molecule has 0 saturated carbocycles. The van der Waals surface area contributed by atoms with Crippen LogP contribution in [0.3, 0.4) is 0 Å². The van der Waals surface area contributed by atoms with E-state index in [0.717, 1.165) is 21.8 Å². The SMILES string of the molecule is Cc1cc(F)c(C2=Nc3c(C)nn(COCC[Si](C)(C)C)c3-c3cc(Br)ccc3N2)c(F)c1. The number of aliphatic imine (C=N–C) groups is 1. The van der Waals surface area contributed by atoms with Crippen molar-refractivity contribution < 1.29 is 13.5 Å².